The lowest BCUT2D eigenvalue weighted by molar-refractivity contribution is -0.169. The highest BCUT2D eigenvalue weighted by molar-refractivity contribution is 5.97. The predicted octanol–water partition coefficient (Wildman–Crippen LogP) is 0.198. The highest BCUT2D eigenvalue weighted by atomic mass is 16.6. The number of carbonyl (C=O) groups is 1. The van der Waals surface area contributed by atoms with Gasteiger partial charge < -0.3 is 9.84 Å². The van der Waals surface area contributed by atoms with Crippen LogP contribution in [0.2, 0.25) is 0 Å². The van der Waals surface area contributed by atoms with E-state index in [1.807, 2.05) is 0 Å². The van der Waals surface area contributed by atoms with Crippen LogP contribution in [0.3, 0.4) is 0 Å². The molecular weight excluding hydrogens is 120 g/mol. The molecule has 0 saturated heterocycles. The Kier molecular flexibility index (Phi) is 1.10. The molecule has 1 rings (SSSR count). The molecule has 0 bridgehead atoms. The Morgan fingerprint density at radius 3 is 2.44 bits per heavy atom. The van der Waals surface area contributed by atoms with E-state index in [1.54, 1.807) is 6.92 Å². The molecule has 0 aromatic rings. The summed E-state index contributed by atoms with van der Waals surface area (Å²) in [5.41, 5.74) is 0. The summed E-state index contributed by atoms with van der Waals surface area (Å²) >= 11 is 0. The molecule has 0 saturated carbocycles. The Morgan fingerprint density at radius 2 is 2.33 bits per heavy atom. The zero-order valence-electron chi connectivity index (χ0n) is 5.34. The summed E-state index contributed by atoms with van der Waals surface area (Å²) in [6, 6.07) is 0. The van der Waals surface area contributed by atoms with E-state index in [4.69, 9.17) is 9.84 Å². The summed E-state index contributed by atoms with van der Waals surface area (Å²) in [6.07, 6.45) is 1.28. The van der Waals surface area contributed by atoms with Crippen LogP contribution in [0.15, 0.2) is 11.8 Å². The molecule has 0 spiro atoms. The van der Waals surface area contributed by atoms with Crippen molar-refractivity contribution >= 4 is 5.78 Å². The standard InChI is InChI=1S/C6H8O3/c1-4-3-5(7)6(2,8)9-4/h3,8H,1-2H3. The number of hydrogen-bond donors (Lipinski definition) is 1. The van der Waals surface area contributed by atoms with Crippen LogP contribution in [0.25, 0.3) is 0 Å². The number of allylic oxidation sites excluding steroid dienone is 1. The first-order valence-corrected chi connectivity index (χ1v) is 2.66. The summed E-state index contributed by atoms with van der Waals surface area (Å²) in [4.78, 5) is 10.7. The number of hydrogen-bond acceptors (Lipinski definition) is 3. The largest absolute Gasteiger partial charge is 0.459 e. The lowest BCUT2D eigenvalue weighted by Crippen LogP contribution is -2.31. The quantitative estimate of drug-likeness (QED) is 0.506. The number of rotatable bonds is 0. The van der Waals surface area contributed by atoms with E-state index in [1.165, 1.54) is 13.0 Å². The highest BCUT2D eigenvalue weighted by Gasteiger charge is 2.35. The molecule has 9 heavy (non-hydrogen) atoms. The molecule has 0 aromatic carbocycles. The van der Waals surface area contributed by atoms with E-state index in [0.29, 0.717) is 5.76 Å². The van der Waals surface area contributed by atoms with Gasteiger partial charge in [0.05, 0.1) is 0 Å². The van der Waals surface area contributed by atoms with Crippen LogP contribution in [0.1, 0.15) is 13.8 Å². The maximum atomic E-state index is 10.7. The predicted molar refractivity (Wildman–Crippen MR) is 30.5 cm³/mol. The van der Waals surface area contributed by atoms with E-state index in [0.717, 1.165) is 0 Å². The van der Waals surface area contributed by atoms with Crippen molar-refractivity contribution in [2.45, 2.75) is 19.6 Å². The fraction of sp³-hybridized carbons (Fsp3) is 0.500. The first-order chi connectivity index (χ1) is 4.02. The van der Waals surface area contributed by atoms with E-state index in [-0.39, 0.29) is 5.78 Å². The minimum Gasteiger partial charge on any atom is -0.459 e. The molecule has 0 amide bonds. The van der Waals surface area contributed by atoms with Crippen LogP contribution >= 0.6 is 0 Å². The van der Waals surface area contributed by atoms with Crippen molar-refractivity contribution in [2.75, 3.05) is 0 Å². The Labute approximate surface area is 52.9 Å². The third kappa shape index (κ3) is 0.954. The average Bonchev–Trinajstić information content (AvgIpc) is 1.79. The average molecular weight is 128 g/mol. The molecular formula is C6H8O3. The Morgan fingerprint density at radius 1 is 1.78 bits per heavy atom. The molecule has 1 N–H and O–H groups in total. The number of ether oxygens (including phenoxy) is 1. The van der Waals surface area contributed by atoms with Crippen LogP contribution in [-0.4, -0.2) is 16.7 Å². The summed E-state index contributed by atoms with van der Waals surface area (Å²) in [7, 11) is 0. The van der Waals surface area contributed by atoms with Crippen molar-refractivity contribution in [1.82, 2.24) is 0 Å². The summed E-state index contributed by atoms with van der Waals surface area (Å²) < 4.78 is 4.73. The minimum atomic E-state index is -1.61. The maximum absolute atomic E-state index is 10.7. The van der Waals surface area contributed by atoms with Crippen LogP contribution in [0.4, 0.5) is 0 Å². The van der Waals surface area contributed by atoms with Crippen molar-refractivity contribution in [3.8, 4) is 0 Å². The summed E-state index contributed by atoms with van der Waals surface area (Å²) in [6.45, 7) is 2.95. The lowest BCUT2D eigenvalue weighted by Gasteiger charge is -2.14. The molecule has 0 aromatic heterocycles. The molecule has 1 heterocycles. The SMILES string of the molecule is CC1=CC(=O)C(C)(O)O1. The van der Waals surface area contributed by atoms with Crippen LogP contribution < -0.4 is 0 Å². The first-order valence-electron chi connectivity index (χ1n) is 2.66. The van der Waals surface area contributed by atoms with E-state index >= 15 is 0 Å². The molecule has 1 unspecified atom stereocenters. The van der Waals surface area contributed by atoms with Crippen LogP contribution in [0.5, 0.6) is 0 Å². The van der Waals surface area contributed by atoms with Crippen molar-refractivity contribution in [3.63, 3.8) is 0 Å². The van der Waals surface area contributed by atoms with Gasteiger partial charge in [-0.15, -0.1) is 0 Å². The Hall–Kier alpha value is -0.830. The summed E-state index contributed by atoms with van der Waals surface area (Å²) in [5, 5.41) is 9.01. The molecule has 0 radical (unpaired) electrons. The van der Waals surface area contributed by atoms with Crippen molar-refractivity contribution < 1.29 is 14.6 Å². The second-order valence-electron chi connectivity index (χ2n) is 2.20. The molecule has 1 atom stereocenters. The minimum absolute atomic E-state index is 0.389. The van der Waals surface area contributed by atoms with Gasteiger partial charge in [0.1, 0.15) is 5.76 Å². The van der Waals surface area contributed by atoms with Crippen LogP contribution in [-0.2, 0) is 9.53 Å². The molecule has 1 aliphatic rings. The molecule has 0 aliphatic carbocycles. The molecule has 1 aliphatic heterocycles. The van der Waals surface area contributed by atoms with Gasteiger partial charge in [0.2, 0.25) is 5.78 Å². The van der Waals surface area contributed by atoms with Gasteiger partial charge in [-0.05, 0) is 6.92 Å². The number of aliphatic hydroxyl groups is 1. The second-order valence-corrected chi connectivity index (χ2v) is 2.20. The topological polar surface area (TPSA) is 46.5 Å². The van der Waals surface area contributed by atoms with Gasteiger partial charge in [-0.2, -0.15) is 0 Å². The van der Waals surface area contributed by atoms with Gasteiger partial charge in [-0.3, -0.25) is 4.79 Å². The third-order valence-electron chi connectivity index (χ3n) is 1.15. The molecule has 50 valence electrons. The third-order valence-corrected chi connectivity index (χ3v) is 1.15. The van der Waals surface area contributed by atoms with Gasteiger partial charge in [0.25, 0.3) is 5.79 Å². The zero-order valence-corrected chi connectivity index (χ0v) is 5.34. The number of carbonyl (C=O) groups excluding carboxylic acids is 1. The van der Waals surface area contributed by atoms with E-state index in [9.17, 15) is 4.79 Å². The van der Waals surface area contributed by atoms with Gasteiger partial charge in [0.15, 0.2) is 0 Å². The normalized spacial score (nSPS) is 34.1. The van der Waals surface area contributed by atoms with Gasteiger partial charge >= 0.3 is 0 Å². The highest BCUT2D eigenvalue weighted by Crippen LogP contribution is 2.20. The van der Waals surface area contributed by atoms with Gasteiger partial charge in [0, 0.05) is 13.0 Å². The molecule has 3 nitrogen and oxygen atoms in total. The van der Waals surface area contributed by atoms with Gasteiger partial charge in [-0.25, -0.2) is 0 Å². The van der Waals surface area contributed by atoms with Crippen molar-refractivity contribution in [3.05, 3.63) is 11.8 Å². The summed E-state index contributed by atoms with van der Waals surface area (Å²) in [5.74, 6) is -1.53. The zero-order chi connectivity index (χ0) is 7.07. The Bertz CT molecular complexity index is 179. The molecule has 0 fully saturated rings. The van der Waals surface area contributed by atoms with Gasteiger partial charge in [-0.1, -0.05) is 0 Å². The van der Waals surface area contributed by atoms with Crippen LogP contribution in [0, 0.1) is 0 Å². The number of ketones is 1. The maximum Gasteiger partial charge on any atom is 0.268 e. The van der Waals surface area contributed by atoms with Crippen molar-refractivity contribution in [2.24, 2.45) is 0 Å². The fourth-order valence-corrected chi connectivity index (χ4v) is 0.712. The Balaban J connectivity index is 2.84. The molecule has 3 heteroatoms. The smallest absolute Gasteiger partial charge is 0.268 e. The lowest BCUT2D eigenvalue weighted by atomic mass is 10.2. The van der Waals surface area contributed by atoms with E-state index in [2.05, 4.69) is 0 Å². The first kappa shape index (κ1) is 6.29. The fourth-order valence-electron chi connectivity index (χ4n) is 0.712. The van der Waals surface area contributed by atoms with E-state index < -0.39 is 5.79 Å². The monoisotopic (exact) mass is 128 g/mol. The second kappa shape index (κ2) is 1.57. The van der Waals surface area contributed by atoms with Crippen molar-refractivity contribution in [1.29, 1.82) is 0 Å².